The maximum atomic E-state index is 11.7. The highest BCUT2D eigenvalue weighted by atomic mass is 16.5. The van der Waals surface area contributed by atoms with Crippen LogP contribution in [0.2, 0.25) is 0 Å². The predicted molar refractivity (Wildman–Crippen MR) is 75.6 cm³/mol. The van der Waals surface area contributed by atoms with Crippen molar-refractivity contribution in [2.24, 2.45) is 11.8 Å². The fraction of sp³-hybridized carbons (Fsp3) is 0.857. The molecule has 0 aromatic carbocycles. The van der Waals surface area contributed by atoms with Crippen molar-refractivity contribution < 1.29 is 19.4 Å². The minimum absolute atomic E-state index is 0.136. The smallest absolute Gasteiger partial charge is 0.315 e. The first kappa shape index (κ1) is 16.8. The number of ether oxygens (including phenoxy) is 1. The molecule has 116 valence electrons. The first-order valence-corrected chi connectivity index (χ1v) is 7.35. The largest absolute Gasteiger partial charge is 0.481 e. The van der Waals surface area contributed by atoms with Gasteiger partial charge in [-0.1, -0.05) is 6.92 Å². The number of aliphatic carboxylic acids is 1. The Balaban J connectivity index is 2.11. The SMILES string of the molecule is CC(CCCNC(=O)NC(C)C1CCOCC1)C(=O)O. The second-order valence-corrected chi connectivity index (χ2v) is 5.52. The molecule has 0 saturated carbocycles. The highest BCUT2D eigenvalue weighted by Crippen LogP contribution is 2.18. The molecule has 2 atom stereocenters. The van der Waals surface area contributed by atoms with Gasteiger partial charge in [-0.15, -0.1) is 0 Å². The summed E-state index contributed by atoms with van der Waals surface area (Å²) in [4.78, 5) is 22.3. The van der Waals surface area contributed by atoms with Crippen LogP contribution in [0.15, 0.2) is 0 Å². The van der Waals surface area contributed by atoms with Gasteiger partial charge in [0, 0.05) is 25.8 Å². The summed E-state index contributed by atoms with van der Waals surface area (Å²) in [5.74, 6) is -0.676. The van der Waals surface area contributed by atoms with E-state index in [1.165, 1.54) is 0 Å². The number of carboxylic acids is 1. The Labute approximate surface area is 120 Å². The van der Waals surface area contributed by atoms with Crippen LogP contribution in [-0.4, -0.2) is 42.9 Å². The lowest BCUT2D eigenvalue weighted by Gasteiger charge is -2.28. The number of nitrogens with one attached hydrogen (secondary N) is 2. The standard InChI is InChI=1S/C14H26N2O4/c1-10(13(17)18)4-3-7-15-14(19)16-11(2)12-5-8-20-9-6-12/h10-12H,3-9H2,1-2H3,(H,17,18)(H2,15,16,19). The van der Waals surface area contributed by atoms with Crippen molar-refractivity contribution in [3.8, 4) is 0 Å². The highest BCUT2D eigenvalue weighted by Gasteiger charge is 2.21. The number of carboxylic acid groups (broad SMARTS) is 1. The molecule has 0 spiro atoms. The second-order valence-electron chi connectivity index (χ2n) is 5.52. The van der Waals surface area contributed by atoms with Gasteiger partial charge in [0.25, 0.3) is 0 Å². The second kappa shape index (κ2) is 8.79. The molecule has 1 aliphatic heterocycles. The van der Waals surface area contributed by atoms with Gasteiger partial charge in [0.05, 0.1) is 5.92 Å². The fourth-order valence-corrected chi connectivity index (χ4v) is 2.33. The van der Waals surface area contributed by atoms with Gasteiger partial charge >= 0.3 is 12.0 Å². The Bertz CT molecular complexity index is 316. The molecular formula is C14H26N2O4. The monoisotopic (exact) mass is 286 g/mol. The fourth-order valence-electron chi connectivity index (χ4n) is 2.33. The van der Waals surface area contributed by atoms with Crippen molar-refractivity contribution >= 4 is 12.0 Å². The molecular weight excluding hydrogens is 260 g/mol. The normalized spacial score (nSPS) is 19.1. The number of urea groups is 1. The van der Waals surface area contributed by atoms with E-state index in [1.807, 2.05) is 6.92 Å². The molecule has 0 bridgehead atoms. The topological polar surface area (TPSA) is 87.7 Å². The lowest BCUT2D eigenvalue weighted by Crippen LogP contribution is -2.45. The lowest BCUT2D eigenvalue weighted by molar-refractivity contribution is -0.141. The van der Waals surface area contributed by atoms with Crippen molar-refractivity contribution in [1.82, 2.24) is 10.6 Å². The van der Waals surface area contributed by atoms with E-state index < -0.39 is 5.97 Å². The lowest BCUT2D eigenvalue weighted by atomic mass is 9.93. The average Bonchev–Trinajstić information content (AvgIpc) is 2.44. The van der Waals surface area contributed by atoms with E-state index in [9.17, 15) is 9.59 Å². The summed E-state index contributed by atoms with van der Waals surface area (Å²) in [6.07, 6.45) is 3.22. The Morgan fingerprint density at radius 2 is 1.95 bits per heavy atom. The van der Waals surface area contributed by atoms with E-state index in [0.717, 1.165) is 26.1 Å². The van der Waals surface area contributed by atoms with Gasteiger partial charge in [-0.2, -0.15) is 0 Å². The number of hydrogen-bond acceptors (Lipinski definition) is 3. The van der Waals surface area contributed by atoms with Gasteiger partial charge in [0.2, 0.25) is 0 Å². The Hall–Kier alpha value is -1.30. The summed E-state index contributed by atoms with van der Waals surface area (Å²) >= 11 is 0. The van der Waals surface area contributed by atoms with E-state index >= 15 is 0 Å². The number of amides is 2. The van der Waals surface area contributed by atoms with E-state index in [2.05, 4.69) is 10.6 Å². The summed E-state index contributed by atoms with van der Waals surface area (Å²) in [6.45, 7) is 5.73. The third kappa shape index (κ3) is 6.23. The summed E-state index contributed by atoms with van der Waals surface area (Å²) in [5.41, 5.74) is 0. The predicted octanol–water partition coefficient (Wildman–Crippen LogP) is 1.60. The molecule has 1 fully saturated rings. The van der Waals surface area contributed by atoms with Crippen LogP contribution in [0.1, 0.15) is 39.5 Å². The van der Waals surface area contributed by atoms with Crippen molar-refractivity contribution in [2.75, 3.05) is 19.8 Å². The van der Waals surface area contributed by atoms with Gasteiger partial charge in [-0.05, 0) is 38.5 Å². The minimum atomic E-state index is -0.789. The molecule has 0 aliphatic carbocycles. The first-order valence-electron chi connectivity index (χ1n) is 7.35. The van der Waals surface area contributed by atoms with Crippen LogP contribution in [0.25, 0.3) is 0 Å². The van der Waals surface area contributed by atoms with Gasteiger partial charge in [0.1, 0.15) is 0 Å². The molecule has 2 unspecified atom stereocenters. The van der Waals surface area contributed by atoms with Crippen LogP contribution in [0.5, 0.6) is 0 Å². The van der Waals surface area contributed by atoms with E-state index in [0.29, 0.717) is 25.3 Å². The molecule has 1 saturated heterocycles. The third-order valence-corrected chi connectivity index (χ3v) is 3.85. The first-order chi connectivity index (χ1) is 9.50. The Kier molecular flexibility index (Phi) is 7.36. The van der Waals surface area contributed by atoms with Crippen LogP contribution in [0.4, 0.5) is 4.79 Å². The minimum Gasteiger partial charge on any atom is -0.481 e. The van der Waals surface area contributed by atoms with Gasteiger partial charge < -0.3 is 20.5 Å². The molecule has 0 aromatic rings. The maximum absolute atomic E-state index is 11.7. The molecule has 0 radical (unpaired) electrons. The van der Waals surface area contributed by atoms with Crippen molar-refractivity contribution in [3.63, 3.8) is 0 Å². The number of carbonyl (C=O) groups excluding carboxylic acids is 1. The van der Waals surface area contributed by atoms with Gasteiger partial charge in [0.15, 0.2) is 0 Å². The molecule has 2 amide bonds. The van der Waals surface area contributed by atoms with Gasteiger partial charge in [-0.25, -0.2) is 4.79 Å². The third-order valence-electron chi connectivity index (χ3n) is 3.85. The maximum Gasteiger partial charge on any atom is 0.315 e. The zero-order valence-electron chi connectivity index (χ0n) is 12.4. The number of rotatable bonds is 7. The zero-order valence-corrected chi connectivity index (χ0v) is 12.4. The van der Waals surface area contributed by atoms with Crippen LogP contribution >= 0.6 is 0 Å². The quantitative estimate of drug-likeness (QED) is 0.620. The molecule has 6 heteroatoms. The number of hydrogen-bond donors (Lipinski definition) is 3. The summed E-state index contributed by atoms with van der Waals surface area (Å²) < 4.78 is 5.30. The van der Waals surface area contributed by atoms with Crippen LogP contribution < -0.4 is 10.6 Å². The number of carbonyl (C=O) groups is 2. The van der Waals surface area contributed by atoms with Crippen LogP contribution in [0.3, 0.4) is 0 Å². The van der Waals surface area contributed by atoms with Crippen molar-refractivity contribution in [1.29, 1.82) is 0 Å². The summed E-state index contributed by atoms with van der Waals surface area (Å²) in [6, 6.07) is -0.0381. The average molecular weight is 286 g/mol. The van der Waals surface area contributed by atoms with E-state index in [-0.39, 0.29) is 18.0 Å². The van der Waals surface area contributed by atoms with Crippen molar-refractivity contribution in [3.05, 3.63) is 0 Å². The molecule has 1 aliphatic rings. The zero-order chi connectivity index (χ0) is 15.0. The molecule has 1 heterocycles. The Morgan fingerprint density at radius 3 is 2.55 bits per heavy atom. The molecule has 0 aromatic heterocycles. The van der Waals surface area contributed by atoms with E-state index in [1.54, 1.807) is 6.92 Å². The molecule has 20 heavy (non-hydrogen) atoms. The summed E-state index contributed by atoms with van der Waals surface area (Å²) in [5, 5.41) is 14.5. The van der Waals surface area contributed by atoms with Gasteiger partial charge in [-0.3, -0.25) is 4.79 Å². The summed E-state index contributed by atoms with van der Waals surface area (Å²) in [7, 11) is 0. The molecule has 6 nitrogen and oxygen atoms in total. The van der Waals surface area contributed by atoms with Crippen LogP contribution in [-0.2, 0) is 9.53 Å². The molecule has 1 rings (SSSR count). The van der Waals surface area contributed by atoms with E-state index in [4.69, 9.17) is 9.84 Å². The highest BCUT2D eigenvalue weighted by molar-refractivity contribution is 5.74. The molecule has 3 N–H and O–H groups in total. The van der Waals surface area contributed by atoms with Crippen molar-refractivity contribution in [2.45, 2.75) is 45.6 Å². The Morgan fingerprint density at radius 1 is 1.30 bits per heavy atom. The van der Waals surface area contributed by atoms with Crippen LogP contribution in [0, 0.1) is 11.8 Å².